The summed E-state index contributed by atoms with van der Waals surface area (Å²) in [6.45, 7) is 4.68. The van der Waals surface area contributed by atoms with Gasteiger partial charge >= 0.3 is 0 Å². The van der Waals surface area contributed by atoms with Crippen molar-refractivity contribution in [2.45, 2.75) is 19.4 Å². The van der Waals surface area contributed by atoms with E-state index in [4.69, 9.17) is 10.5 Å². The largest absolute Gasteiger partial charge is 0.477 e. The van der Waals surface area contributed by atoms with Crippen molar-refractivity contribution in [3.8, 4) is 5.88 Å². The van der Waals surface area contributed by atoms with Gasteiger partial charge in [-0.3, -0.25) is 4.98 Å². The average Bonchev–Trinajstić information content (AvgIpc) is 2.25. The third-order valence-corrected chi connectivity index (χ3v) is 1.69. The van der Waals surface area contributed by atoms with Crippen LogP contribution in [0.1, 0.15) is 18.5 Å². The first-order valence-corrected chi connectivity index (χ1v) is 4.61. The molecule has 0 radical (unpaired) electrons. The standard InChI is InChI=1S/C10H15N3O/c1-2-3-4-5-14-10-8-12-9(6-11)7-13-10/h2,7-8H,1,3-6,11H2. The number of rotatable bonds is 6. The van der Waals surface area contributed by atoms with Crippen molar-refractivity contribution in [1.29, 1.82) is 0 Å². The van der Waals surface area contributed by atoms with Crippen LogP contribution in [0.4, 0.5) is 0 Å². The van der Waals surface area contributed by atoms with Crippen LogP contribution in [0.15, 0.2) is 25.0 Å². The van der Waals surface area contributed by atoms with Gasteiger partial charge in [0.15, 0.2) is 0 Å². The van der Waals surface area contributed by atoms with E-state index in [0.29, 0.717) is 19.0 Å². The number of nitrogens with two attached hydrogens (primary N) is 1. The molecule has 0 aromatic carbocycles. The van der Waals surface area contributed by atoms with Gasteiger partial charge in [0, 0.05) is 6.54 Å². The normalized spacial score (nSPS) is 9.79. The van der Waals surface area contributed by atoms with Crippen LogP contribution in [0.2, 0.25) is 0 Å². The Hall–Kier alpha value is -1.42. The van der Waals surface area contributed by atoms with Crippen molar-refractivity contribution in [3.63, 3.8) is 0 Å². The molecule has 1 rings (SSSR count). The number of hydrogen-bond donors (Lipinski definition) is 1. The number of allylic oxidation sites excluding steroid dienone is 1. The Morgan fingerprint density at radius 2 is 2.29 bits per heavy atom. The highest BCUT2D eigenvalue weighted by atomic mass is 16.5. The van der Waals surface area contributed by atoms with E-state index >= 15 is 0 Å². The van der Waals surface area contributed by atoms with E-state index in [1.54, 1.807) is 12.4 Å². The first-order valence-electron chi connectivity index (χ1n) is 4.61. The van der Waals surface area contributed by atoms with Gasteiger partial charge in [-0.05, 0) is 12.8 Å². The van der Waals surface area contributed by atoms with Crippen LogP contribution in [0.3, 0.4) is 0 Å². The second-order valence-electron chi connectivity index (χ2n) is 2.83. The summed E-state index contributed by atoms with van der Waals surface area (Å²) in [5, 5.41) is 0. The molecule has 0 saturated carbocycles. The first-order chi connectivity index (χ1) is 6.86. The van der Waals surface area contributed by atoms with Gasteiger partial charge in [-0.25, -0.2) is 4.98 Å². The number of hydrogen-bond acceptors (Lipinski definition) is 4. The van der Waals surface area contributed by atoms with Crippen LogP contribution in [0.25, 0.3) is 0 Å². The number of ether oxygens (including phenoxy) is 1. The second-order valence-corrected chi connectivity index (χ2v) is 2.83. The zero-order valence-corrected chi connectivity index (χ0v) is 8.15. The van der Waals surface area contributed by atoms with Gasteiger partial charge < -0.3 is 10.5 Å². The van der Waals surface area contributed by atoms with Crippen molar-refractivity contribution in [2.24, 2.45) is 5.73 Å². The molecule has 1 aromatic heterocycles. The van der Waals surface area contributed by atoms with Gasteiger partial charge in [-0.2, -0.15) is 0 Å². The maximum absolute atomic E-state index is 5.39. The van der Waals surface area contributed by atoms with Crippen molar-refractivity contribution in [1.82, 2.24) is 9.97 Å². The molecule has 2 N–H and O–H groups in total. The number of aromatic nitrogens is 2. The monoisotopic (exact) mass is 193 g/mol. The fourth-order valence-corrected chi connectivity index (χ4v) is 0.927. The van der Waals surface area contributed by atoms with Crippen LogP contribution in [0, 0.1) is 0 Å². The summed E-state index contributed by atoms with van der Waals surface area (Å²) in [6, 6.07) is 0. The molecule has 4 heteroatoms. The molecule has 0 aliphatic carbocycles. The van der Waals surface area contributed by atoms with Gasteiger partial charge in [-0.1, -0.05) is 6.08 Å². The molecular weight excluding hydrogens is 178 g/mol. The van der Waals surface area contributed by atoms with Gasteiger partial charge in [0.2, 0.25) is 5.88 Å². The molecule has 4 nitrogen and oxygen atoms in total. The molecule has 0 aliphatic heterocycles. The molecule has 0 unspecified atom stereocenters. The lowest BCUT2D eigenvalue weighted by molar-refractivity contribution is 0.298. The minimum atomic E-state index is 0.406. The van der Waals surface area contributed by atoms with Crippen LogP contribution < -0.4 is 10.5 Å². The Morgan fingerprint density at radius 1 is 1.43 bits per heavy atom. The van der Waals surface area contributed by atoms with Crippen molar-refractivity contribution >= 4 is 0 Å². The summed E-state index contributed by atoms with van der Waals surface area (Å²) in [6.07, 6.45) is 6.99. The first kappa shape index (κ1) is 10.7. The summed E-state index contributed by atoms with van der Waals surface area (Å²) in [5.41, 5.74) is 6.15. The topological polar surface area (TPSA) is 61.0 Å². The third-order valence-electron chi connectivity index (χ3n) is 1.69. The smallest absolute Gasteiger partial charge is 0.232 e. The molecule has 1 heterocycles. The fraction of sp³-hybridized carbons (Fsp3) is 0.400. The SMILES string of the molecule is C=CCCCOc1cnc(CN)cn1. The Bertz CT molecular complexity index is 271. The molecule has 0 atom stereocenters. The highest BCUT2D eigenvalue weighted by Crippen LogP contribution is 2.04. The van der Waals surface area contributed by atoms with Gasteiger partial charge in [0.25, 0.3) is 0 Å². The molecule has 0 bridgehead atoms. The molecule has 0 amide bonds. The van der Waals surface area contributed by atoms with Crippen molar-refractivity contribution < 1.29 is 4.74 Å². The lowest BCUT2D eigenvalue weighted by Gasteiger charge is -2.03. The van der Waals surface area contributed by atoms with E-state index in [9.17, 15) is 0 Å². The Balaban J connectivity index is 2.32. The number of nitrogens with zero attached hydrogens (tertiary/aromatic N) is 2. The molecule has 0 aliphatic rings. The maximum atomic E-state index is 5.39. The Kier molecular flexibility index (Phi) is 4.64. The summed E-state index contributed by atoms with van der Waals surface area (Å²) in [5.74, 6) is 0.547. The van der Waals surface area contributed by atoms with Gasteiger partial charge in [0.1, 0.15) is 0 Å². The highest BCUT2D eigenvalue weighted by Gasteiger charge is 1.96. The fourth-order valence-electron chi connectivity index (χ4n) is 0.927. The third kappa shape index (κ3) is 3.53. The zero-order valence-electron chi connectivity index (χ0n) is 8.15. The van der Waals surface area contributed by atoms with E-state index < -0.39 is 0 Å². The minimum Gasteiger partial charge on any atom is -0.477 e. The van der Waals surface area contributed by atoms with Crippen LogP contribution in [-0.2, 0) is 6.54 Å². The molecule has 76 valence electrons. The van der Waals surface area contributed by atoms with E-state index in [0.717, 1.165) is 18.5 Å². The quantitative estimate of drug-likeness (QED) is 0.546. The van der Waals surface area contributed by atoms with Crippen LogP contribution >= 0.6 is 0 Å². The second kappa shape index (κ2) is 6.10. The average molecular weight is 193 g/mol. The van der Waals surface area contributed by atoms with E-state index in [-0.39, 0.29) is 0 Å². The maximum Gasteiger partial charge on any atom is 0.232 e. The lowest BCUT2D eigenvalue weighted by Crippen LogP contribution is -2.03. The van der Waals surface area contributed by atoms with Crippen molar-refractivity contribution in [2.75, 3.05) is 6.61 Å². The van der Waals surface area contributed by atoms with Crippen molar-refractivity contribution in [3.05, 3.63) is 30.7 Å². The van der Waals surface area contributed by atoms with E-state index in [1.165, 1.54) is 0 Å². The molecule has 14 heavy (non-hydrogen) atoms. The predicted octanol–water partition coefficient (Wildman–Crippen LogP) is 1.28. The molecule has 0 fully saturated rings. The van der Waals surface area contributed by atoms with E-state index in [2.05, 4.69) is 16.5 Å². The van der Waals surface area contributed by atoms with Crippen LogP contribution in [-0.4, -0.2) is 16.6 Å². The summed E-state index contributed by atoms with van der Waals surface area (Å²) < 4.78 is 5.35. The molecule has 0 saturated heterocycles. The summed E-state index contributed by atoms with van der Waals surface area (Å²) >= 11 is 0. The molecule has 1 aromatic rings. The molecular formula is C10H15N3O. The van der Waals surface area contributed by atoms with Gasteiger partial charge in [-0.15, -0.1) is 6.58 Å². The molecule has 0 spiro atoms. The minimum absolute atomic E-state index is 0.406. The van der Waals surface area contributed by atoms with Gasteiger partial charge in [0.05, 0.1) is 24.7 Å². The predicted molar refractivity (Wildman–Crippen MR) is 54.8 cm³/mol. The zero-order chi connectivity index (χ0) is 10.2. The van der Waals surface area contributed by atoms with E-state index in [1.807, 2.05) is 6.08 Å². The highest BCUT2D eigenvalue weighted by molar-refractivity contribution is 5.06. The Morgan fingerprint density at radius 3 is 2.86 bits per heavy atom. The summed E-state index contributed by atoms with van der Waals surface area (Å²) in [7, 11) is 0. The summed E-state index contributed by atoms with van der Waals surface area (Å²) in [4.78, 5) is 8.12. The number of unbranched alkanes of at least 4 members (excludes halogenated alkanes) is 1. The Labute approximate surface area is 83.8 Å². The van der Waals surface area contributed by atoms with Crippen LogP contribution in [0.5, 0.6) is 5.88 Å². The lowest BCUT2D eigenvalue weighted by atomic mass is 10.3.